The predicted molar refractivity (Wildman–Crippen MR) is 108 cm³/mol. The van der Waals surface area contributed by atoms with Crippen LogP contribution < -0.4 is 0 Å². The molecule has 0 aromatic heterocycles. The van der Waals surface area contributed by atoms with Crippen molar-refractivity contribution in [3.05, 3.63) is 35.9 Å². The lowest BCUT2D eigenvalue weighted by Gasteiger charge is -2.04. The Morgan fingerprint density at radius 3 is 1.68 bits per heavy atom. The molecule has 0 heterocycles. The molecule has 0 amide bonds. The maximum absolute atomic E-state index is 9.46. The lowest BCUT2D eigenvalue weighted by molar-refractivity contribution is 0.449. The standard InChI is InChI=1S/C23H38O2/c1-2-3-4-5-6-7-8-9-10-11-12-13-14-15-16-17-21-18-22(24)20-23(25)19-21/h6-7,18-20,24-25H,2-5,8-17H2,1H3. The van der Waals surface area contributed by atoms with Gasteiger partial charge in [-0.05, 0) is 56.2 Å². The van der Waals surface area contributed by atoms with Crippen molar-refractivity contribution in [1.29, 1.82) is 0 Å². The third kappa shape index (κ3) is 12.6. The first-order valence-electron chi connectivity index (χ1n) is 10.4. The molecule has 142 valence electrons. The van der Waals surface area contributed by atoms with Gasteiger partial charge in [0.05, 0.1) is 0 Å². The summed E-state index contributed by atoms with van der Waals surface area (Å²) in [6.45, 7) is 2.25. The van der Waals surface area contributed by atoms with Crippen LogP contribution in [0.2, 0.25) is 0 Å². The van der Waals surface area contributed by atoms with Crippen molar-refractivity contribution in [3.8, 4) is 11.5 Å². The van der Waals surface area contributed by atoms with Crippen LogP contribution in [0.1, 0.15) is 96.0 Å². The Bertz CT molecular complexity index is 445. The molecule has 0 aliphatic heterocycles. The average Bonchev–Trinajstić information content (AvgIpc) is 2.57. The topological polar surface area (TPSA) is 40.5 Å². The van der Waals surface area contributed by atoms with E-state index in [0.717, 1.165) is 18.4 Å². The van der Waals surface area contributed by atoms with Crippen LogP contribution >= 0.6 is 0 Å². The van der Waals surface area contributed by atoms with Crippen LogP contribution in [0.3, 0.4) is 0 Å². The summed E-state index contributed by atoms with van der Waals surface area (Å²) in [5, 5.41) is 18.9. The highest BCUT2D eigenvalue weighted by Crippen LogP contribution is 2.22. The zero-order valence-electron chi connectivity index (χ0n) is 16.2. The number of aryl methyl sites for hydroxylation is 1. The van der Waals surface area contributed by atoms with E-state index in [9.17, 15) is 10.2 Å². The first kappa shape index (κ1) is 21.6. The van der Waals surface area contributed by atoms with Crippen molar-refractivity contribution in [3.63, 3.8) is 0 Å². The van der Waals surface area contributed by atoms with Gasteiger partial charge in [0.2, 0.25) is 0 Å². The van der Waals surface area contributed by atoms with Crippen LogP contribution in [0.5, 0.6) is 11.5 Å². The Hall–Kier alpha value is -1.44. The minimum atomic E-state index is 0.158. The normalized spacial score (nSPS) is 11.4. The number of hydrogen-bond donors (Lipinski definition) is 2. The van der Waals surface area contributed by atoms with Crippen LogP contribution in [0, 0.1) is 0 Å². The molecule has 1 aromatic rings. The summed E-state index contributed by atoms with van der Waals surface area (Å²) in [6, 6.07) is 4.88. The van der Waals surface area contributed by atoms with Gasteiger partial charge in [-0.25, -0.2) is 0 Å². The fourth-order valence-corrected chi connectivity index (χ4v) is 3.20. The summed E-state index contributed by atoms with van der Waals surface area (Å²) >= 11 is 0. The molecule has 2 N–H and O–H groups in total. The van der Waals surface area contributed by atoms with E-state index < -0.39 is 0 Å². The molecule has 0 unspecified atom stereocenters. The first-order chi connectivity index (χ1) is 12.2. The van der Waals surface area contributed by atoms with Crippen LogP contribution in [-0.2, 0) is 6.42 Å². The Labute approximate surface area is 155 Å². The van der Waals surface area contributed by atoms with Gasteiger partial charge in [-0.15, -0.1) is 0 Å². The number of unbranched alkanes of at least 4 members (excludes halogenated alkanes) is 11. The molecule has 25 heavy (non-hydrogen) atoms. The van der Waals surface area contributed by atoms with Crippen LogP contribution in [0.4, 0.5) is 0 Å². The van der Waals surface area contributed by atoms with E-state index >= 15 is 0 Å². The van der Waals surface area contributed by atoms with Crippen molar-refractivity contribution < 1.29 is 10.2 Å². The third-order valence-corrected chi connectivity index (χ3v) is 4.69. The number of benzene rings is 1. The van der Waals surface area contributed by atoms with Gasteiger partial charge >= 0.3 is 0 Å². The van der Waals surface area contributed by atoms with E-state index in [1.807, 2.05) is 0 Å². The number of phenols is 2. The highest BCUT2D eigenvalue weighted by Gasteiger charge is 1.99. The zero-order chi connectivity index (χ0) is 18.2. The Morgan fingerprint density at radius 1 is 0.640 bits per heavy atom. The second kappa shape index (κ2) is 14.9. The van der Waals surface area contributed by atoms with Crippen LogP contribution in [0.15, 0.2) is 30.4 Å². The van der Waals surface area contributed by atoms with E-state index in [1.54, 1.807) is 12.1 Å². The van der Waals surface area contributed by atoms with E-state index in [4.69, 9.17) is 0 Å². The number of aromatic hydroxyl groups is 2. The maximum atomic E-state index is 9.46. The molecular weight excluding hydrogens is 308 g/mol. The first-order valence-corrected chi connectivity index (χ1v) is 10.4. The van der Waals surface area contributed by atoms with Gasteiger partial charge in [0.15, 0.2) is 0 Å². The van der Waals surface area contributed by atoms with Gasteiger partial charge in [0, 0.05) is 6.07 Å². The maximum Gasteiger partial charge on any atom is 0.119 e. The zero-order valence-corrected chi connectivity index (χ0v) is 16.2. The van der Waals surface area contributed by atoms with Crippen LogP contribution in [-0.4, -0.2) is 10.2 Å². The minimum Gasteiger partial charge on any atom is -0.508 e. The van der Waals surface area contributed by atoms with Gasteiger partial charge in [0.1, 0.15) is 11.5 Å². The number of hydrogen-bond acceptors (Lipinski definition) is 2. The third-order valence-electron chi connectivity index (χ3n) is 4.69. The summed E-state index contributed by atoms with van der Waals surface area (Å²) in [5.74, 6) is 0.316. The SMILES string of the molecule is CCCCCC=CCCCCCCCCCCc1cc(O)cc(O)c1. The summed E-state index contributed by atoms with van der Waals surface area (Å²) in [6.07, 6.45) is 22.6. The lowest BCUT2D eigenvalue weighted by Crippen LogP contribution is -1.87. The molecule has 1 rings (SSSR count). The molecule has 0 radical (unpaired) electrons. The van der Waals surface area contributed by atoms with Crippen molar-refractivity contribution in [2.24, 2.45) is 0 Å². The molecule has 1 aromatic carbocycles. The van der Waals surface area contributed by atoms with E-state index in [1.165, 1.54) is 83.1 Å². The van der Waals surface area contributed by atoms with Gasteiger partial charge in [-0.3, -0.25) is 0 Å². The molecule has 0 spiro atoms. The fourth-order valence-electron chi connectivity index (χ4n) is 3.20. The van der Waals surface area contributed by atoms with Crippen LogP contribution in [0.25, 0.3) is 0 Å². The highest BCUT2D eigenvalue weighted by molar-refractivity contribution is 5.36. The molecule has 0 bridgehead atoms. The van der Waals surface area contributed by atoms with Crippen molar-refractivity contribution >= 4 is 0 Å². The van der Waals surface area contributed by atoms with Crippen molar-refractivity contribution in [2.45, 2.75) is 96.8 Å². The molecular formula is C23H38O2. The van der Waals surface area contributed by atoms with E-state index in [-0.39, 0.29) is 11.5 Å². The molecule has 0 aliphatic carbocycles. The number of allylic oxidation sites excluding steroid dienone is 2. The molecule has 0 fully saturated rings. The quantitative estimate of drug-likeness (QED) is 0.258. The van der Waals surface area contributed by atoms with Gasteiger partial charge in [-0.2, -0.15) is 0 Å². The van der Waals surface area contributed by atoms with Gasteiger partial charge < -0.3 is 10.2 Å². The fraction of sp³-hybridized carbons (Fsp3) is 0.652. The number of rotatable bonds is 15. The molecule has 0 saturated carbocycles. The summed E-state index contributed by atoms with van der Waals surface area (Å²) in [5.41, 5.74) is 1.03. The molecule has 0 aliphatic rings. The summed E-state index contributed by atoms with van der Waals surface area (Å²) < 4.78 is 0. The molecule has 0 atom stereocenters. The Kier molecular flexibility index (Phi) is 12.8. The molecule has 0 saturated heterocycles. The predicted octanol–water partition coefficient (Wildman–Crippen LogP) is 7.29. The second-order valence-electron chi connectivity index (χ2n) is 7.19. The Morgan fingerprint density at radius 2 is 1.12 bits per heavy atom. The summed E-state index contributed by atoms with van der Waals surface area (Å²) in [4.78, 5) is 0. The Balaban J connectivity index is 1.86. The molecule has 2 nitrogen and oxygen atoms in total. The largest absolute Gasteiger partial charge is 0.508 e. The van der Waals surface area contributed by atoms with Gasteiger partial charge in [-0.1, -0.05) is 70.4 Å². The number of phenolic OH excluding ortho intramolecular Hbond substituents is 2. The van der Waals surface area contributed by atoms with Crippen molar-refractivity contribution in [2.75, 3.05) is 0 Å². The molecule has 2 heteroatoms. The van der Waals surface area contributed by atoms with Gasteiger partial charge in [0.25, 0.3) is 0 Å². The average molecular weight is 347 g/mol. The second-order valence-corrected chi connectivity index (χ2v) is 7.19. The van der Waals surface area contributed by atoms with E-state index in [0.29, 0.717) is 0 Å². The monoisotopic (exact) mass is 346 g/mol. The van der Waals surface area contributed by atoms with Crippen molar-refractivity contribution in [1.82, 2.24) is 0 Å². The smallest absolute Gasteiger partial charge is 0.119 e. The van der Waals surface area contributed by atoms with E-state index in [2.05, 4.69) is 19.1 Å². The minimum absolute atomic E-state index is 0.158. The summed E-state index contributed by atoms with van der Waals surface area (Å²) in [7, 11) is 0. The highest BCUT2D eigenvalue weighted by atomic mass is 16.3. The lowest BCUT2D eigenvalue weighted by atomic mass is 10.0.